The Morgan fingerprint density at radius 3 is 2.71 bits per heavy atom. The second-order valence-electron chi connectivity index (χ2n) is 6.37. The minimum Gasteiger partial charge on any atom is -0.497 e. The summed E-state index contributed by atoms with van der Waals surface area (Å²) in [5, 5.41) is 0.779. The van der Waals surface area contributed by atoms with Crippen LogP contribution in [0, 0.1) is 0 Å². The second-order valence-corrected chi connectivity index (χ2v) is 6.37. The predicted molar refractivity (Wildman–Crippen MR) is 91.6 cm³/mol. The summed E-state index contributed by atoms with van der Waals surface area (Å²) in [6.45, 7) is 1.81. The van der Waals surface area contributed by atoms with Crippen molar-refractivity contribution in [3.63, 3.8) is 0 Å². The number of rotatable bonds is 5. The van der Waals surface area contributed by atoms with Gasteiger partial charge in [-0.05, 0) is 50.8 Å². The van der Waals surface area contributed by atoms with E-state index in [1.165, 1.54) is 6.42 Å². The minimum absolute atomic E-state index is 0.0289. The molecule has 1 aliphatic rings. The van der Waals surface area contributed by atoms with E-state index in [2.05, 4.69) is 0 Å². The molecule has 2 aromatic rings. The fraction of sp³-hybridized carbons (Fsp3) is 0.474. The maximum absolute atomic E-state index is 12.5. The highest BCUT2D eigenvalue weighted by Crippen LogP contribution is 2.29. The van der Waals surface area contributed by atoms with E-state index in [1.54, 1.807) is 13.3 Å². The van der Waals surface area contributed by atoms with Crippen LogP contribution in [-0.2, 0) is 9.53 Å². The third-order valence-electron chi connectivity index (χ3n) is 4.79. The van der Waals surface area contributed by atoms with E-state index in [0.29, 0.717) is 11.3 Å². The lowest BCUT2D eigenvalue weighted by molar-refractivity contribution is -0.153. The van der Waals surface area contributed by atoms with Crippen molar-refractivity contribution >= 4 is 23.2 Å². The minimum atomic E-state index is -0.475. The fourth-order valence-corrected chi connectivity index (χ4v) is 3.36. The zero-order valence-electron chi connectivity index (χ0n) is 14.2. The van der Waals surface area contributed by atoms with Crippen LogP contribution in [0.2, 0.25) is 0 Å². The molecule has 0 aliphatic heterocycles. The normalized spacial score (nSPS) is 16.8. The van der Waals surface area contributed by atoms with E-state index in [-0.39, 0.29) is 12.1 Å². The molecule has 0 spiro atoms. The first-order valence-electron chi connectivity index (χ1n) is 8.48. The van der Waals surface area contributed by atoms with Crippen LogP contribution in [0.1, 0.15) is 55.4 Å². The van der Waals surface area contributed by atoms with Crippen LogP contribution in [-0.4, -0.2) is 30.0 Å². The summed E-state index contributed by atoms with van der Waals surface area (Å²) in [6.07, 6.45) is 7.89. The van der Waals surface area contributed by atoms with Gasteiger partial charge in [-0.2, -0.15) is 0 Å². The summed E-state index contributed by atoms with van der Waals surface area (Å²) in [5.74, 6) is 0.438. The van der Waals surface area contributed by atoms with Gasteiger partial charge in [-0.3, -0.25) is 4.79 Å². The maximum atomic E-state index is 12.5. The van der Waals surface area contributed by atoms with E-state index < -0.39 is 6.04 Å². The van der Waals surface area contributed by atoms with Gasteiger partial charge in [0.15, 0.2) is 6.29 Å². The molecule has 128 valence electrons. The molecule has 1 unspecified atom stereocenters. The molecule has 0 N–H and O–H groups in total. The molecule has 5 nitrogen and oxygen atoms in total. The van der Waals surface area contributed by atoms with Crippen molar-refractivity contribution in [1.82, 2.24) is 4.57 Å². The van der Waals surface area contributed by atoms with Crippen molar-refractivity contribution in [3.8, 4) is 5.75 Å². The topological polar surface area (TPSA) is 57.5 Å². The van der Waals surface area contributed by atoms with E-state index in [1.807, 2.05) is 29.7 Å². The van der Waals surface area contributed by atoms with Crippen LogP contribution < -0.4 is 4.74 Å². The first-order chi connectivity index (χ1) is 11.6. The Morgan fingerprint density at radius 2 is 2.04 bits per heavy atom. The van der Waals surface area contributed by atoms with Gasteiger partial charge in [0.25, 0.3) is 0 Å². The molecule has 1 saturated carbocycles. The molecule has 1 heterocycles. The third-order valence-corrected chi connectivity index (χ3v) is 4.79. The number of carbonyl (C=O) groups is 2. The second kappa shape index (κ2) is 7.07. The van der Waals surface area contributed by atoms with Gasteiger partial charge < -0.3 is 14.0 Å². The van der Waals surface area contributed by atoms with Crippen LogP contribution >= 0.6 is 0 Å². The Bertz CT molecular complexity index is 743. The number of nitrogens with zero attached hydrogens (tertiary/aromatic N) is 1. The molecule has 5 heteroatoms. The molecular weight excluding hydrogens is 306 g/mol. The summed E-state index contributed by atoms with van der Waals surface area (Å²) in [6, 6.07) is 5.03. The molecule has 1 atom stereocenters. The number of carbonyl (C=O) groups excluding carboxylic acids is 2. The number of esters is 1. The zero-order valence-corrected chi connectivity index (χ0v) is 14.2. The van der Waals surface area contributed by atoms with Gasteiger partial charge >= 0.3 is 5.97 Å². The number of hydrogen-bond donors (Lipinski definition) is 0. The molecule has 1 aromatic carbocycles. The van der Waals surface area contributed by atoms with Gasteiger partial charge in [-0.25, -0.2) is 4.79 Å². The molecule has 0 amide bonds. The maximum Gasteiger partial charge on any atom is 0.329 e. The molecule has 1 aliphatic carbocycles. The lowest BCUT2D eigenvalue weighted by Crippen LogP contribution is -2.26. The van der Waals surface area contributed by atoms with E-state index in [9.17, 15) is 9.59 Å². The van der Waals surface area contributed by atoms with Crippen molar-refractivity contribution in [3.05, 3.63) is 30.0 Å². The molecule has 0 bridgehead atoms. The Balaban J connectivity index is 1.87. The van der Waals surface area contributed by atoms with Crippen LogP contribution in [0.4, 0.5) is 0 Å². The van der Waals surface area contributed by atoms with Crippen molar-refractivity contribution < 1.29 is 19.1 Å². The van der Waals surface area contributed by atoms with Crippen molar-refractivity contribution in [1.29, 1.82) is 0 Å². The molecule has 24 heavy (non-hydrogen) atoms. The molecule has 0 saturated heterocycles. The summed E-state index contributed by atoms with van der Waals surface area (Å²) < 4.78 is 12.7. The molecule has 1 fully saturated rings. The Hall–Kier alpha value is -2.30. The first kappa shape index (κ1) is 16.6. The zero-order chi connectivity index (χ0) is 17.1. The van der Waals surface area contributed by atoms with Crippen LogP contribution in [0.3, 0.4) is 0 Å². The molecule has 3 rings (SSSR count). The molecular formula is C19H23NO4. The van der Waals surface area contributed by atoms with Crippen molar-refractivity contribution in [2.75, 3.05) is 7.11 Å². The van der Waals surface area contributed by atoms with Crippen LogP contribution in [0.15, 0.2) is 24.4 Å². The Labute approximate surface area is 141 Å². The number of aromatic nitrogens is 1. The number of methoxy groups -OCH3 is 1. The lowest BCUT2D eigenvalue weighted by atomic mass is 9.98. The SMILES string of the molecule is COc1ccc2c(c1)c(C=O)cn2C(C)C(=O)OC1CCCCC1. The van der Waals surface area contributed by atoms with Gasteiger partial charge in [-0.15, -0.1) is 0 Å². The predicted octanol–water partition coefficient (Wildman–Crippen LogP) is 3.90. The summed E-state index contributed by atoms with van der Waals surface area (Å²) in [5.41, 5.74) is 1.37. The monoisotopic (exact) mass is 329 g/mol. The summed E-state index contributed by atoms with van der Waals surface area (Å²) in [4.78, 5) is 23.9. The van der Waals surface area contributed by atoms with Gasteiger partial charge in [0.2, 0.25) is 0 Å². The highest BCUT2D eigenvalue weighted by Gasteiger charge is 2.24. The third kappa shape index (κ3) is 3.16. The standard InChI is InChI=1S/C19H23NO4/c1-13(19(22)24-15-6-4-3-5-7-15)20-11-14(12-21)17-10-16(23-2)8-9-18(17)20/h8-13,15H,3-7H2,1-2H3. The quantitative estimate of drug-likeness (QED) is 0.616. The van der Waals surface area contributed by atoms with Crippen LogP contribution in [0.25, 0.3) is 10.9 Å². The number of ether oxygens (including phenoxy) is 2. The van der Waals surface area contributed by atoms with Gasteiger partial charge in [0.1, 0.15) is 17.9 Å². The highest BCUT2D eigenvalue weighted by atomic mass is 16.5. The van der Waals surface area contributed by atoms with Crippen LogP contribution in [0.5, 0.6) is 5.75 Å². The Morgan fingerprint density at radius 1 is 1.29 bits per heavy atom. The summed E-state index contributed by atoms with van der Waals surface area (Å²) in [7, 11) is 1.59. The summed E-state index contributed by atoms with van der Waals surface area (Å²) >= 11 is 0. The van der Waals surface area contributed by atoms with Crippen molar-refractivity contribution in [2.24, 2.45) is 0 Å². The average molecular weight is 329 g/mol. The Kier molecular flexibility index (Phi) is 4.88. The van der Waals surface area contributed by atoms with Crippen molar-refractivity contribution in [2.45, 2.75) is 51.2 Å². The van der Waals surface area contributed by atoms with E-state index >= 15 is 0 Å². The van der Waals surface area contributed by atoms with Gasteiger partial charge in [-0.1, -0.05) is 6.42 Å². The lowest BCUT2D eigenvalue weighted by Gasteiger charge is -2.24. The number of hydrogen-bond acceptors (Lipinski definition) is 4. The molecule has 1 aromatic heterocycles. The number of aldehydes is 1. The average Bonchev–Trinajstić information content (AvgIpc) is 2.99. The van der Waals surface area contributed by atoms with E-state index in [0.717, 1.165) is 42.9 Å². The van der Waals surface area contributed by atoms with Gasteiger partial charge in [0.05, 0.1) is 7.11 Å². The molecule has 0 radical (unpaired) electrons. The fourth-order valence-electron chi connectivity index (χ4n) is 3.36. The number of benzene rings is 1. The number of fused-ring (bicyclic) bond motifs is 1. The largest absolute Gasteiger partial charge is 0.497 e. The van der Waals surface area contributed by atoms with E-state index in [4.69, 9.17) is 9.47 Å². The van der Waals surface area contributed by atoms with Gasteiger partial charge in [0, 0.05) is 22.7 Å². The highest BCUT2D eigenvalue weighted by molar-refractivity contribution is 5.99. The smallest absolute Gasteiger partial charge is 0.329 e. The first-order valence-corrected chi connectivity index (χ1v) is 8.48.